The molecule has 2 aromatic rings. The van der Waals surface area contributed by atoms with E-state index in [1.54, 1.807) is 42.5 Å². The van der Waals surface area contributed by atoms with E-state index >= 15 is 0 Å². The zero-order chi connectivity index (χ0) is 20.9. The monoisotopic (exact) mass is 417 g/mol. The second-order valence-electron chi connectivity index (χ2n) is 6.02. The minimum atomic E-state index is -3.62. The molecule has 2 aromatic carbocycles. The Bertz CT molecular complexity index is 1070. The fourth-order valence-corrected chi connectivity index (χ4v) is 3.88. The zero-order valence-corrected chi connectivity index (χ0v) is 16.4. The Morgan fingerprint density at radius 3 is 2.72 bits per heavy atom. The Hall–Kier alpha value is -3.40. The number of carbonyl (C=O) groups excluding carboxylic acids is 2. The number of sulfonamides is 1. The average molecular weight is 417 g/mol. The molecule has 0 unspecified atom stereocenters. The molecule has 1 amide bonds. The van der Waals surface area contributed by atoms with E-state index in [0.717, 1.165) is 0 Å². The predicted octanol–water partition coefficient (Wildman–Crippen LogP) is 1.31. The number of ether oxygens (including phenoxy) is 2. The van der Waals surface area contributed by atoms with Crippen LogP contribution < -0.4 is 14.8 Å². The van der Waals surface area contributed by atoms with Gasteiger partial charge in [0.15, 0.2) is 6.61 Å². The minimum Gasteiger partial charge on any atom is -0.497 e. The van der Waals surface area contributed by atoms with Gasteiger partial charge < -0.3 is 14.8 Å². The molecule has 3 rings (SSSR count). The Labute approximate surface area is 167 Å². The van der Waals surface area contributed by atoms with Crippen molar-refractivity contribution in [2.45, 2.75) is 11.3 Å². The Morgan fingerprint density at radius 2 is 1.93 bits per heavy atom. The van der Waals surface area contributed by atoms with Crippen LogP contribution in [-0.4, -0.2) is 46.4 Å². The van der Waals surface area contributed by atoms with Crippen molar-refractivity contribution in [2.75, 3.05) is 25.6 Å². The number of nitrogens with one attached hydrogen (secondary N) is 2. The van der Waals surface area contributed by atoms with E-state index < -0.39 is 28.5 Å². The maximum Gasteiger partial charge on any atom is 0.308 e. The van der Waals surface area contributed by atoms with Gasteiger partial charge in [-0.3, -0.25) is 19.3 Å². The van der Waals surface area contributed by atoms with Crippen LogP contribution in [0.5, 0.6) is 5.75 Å². The quantitative estimate of drug-likeness (QED) is 0.655. The van der Waals surface area contributed by atoms with Crippen LogP contribution >= 0.6 is 0 Å². The summed E-state index contributed by atoms with van der Waals surface area (Å²) < 4.78 is 36.3. The molecule has 29 heavy (non-hydrogen) atoms. The highest BCUT2D eigenvalue weighted by atomic mass is 32.2. The lowest BCUT2D eigenvalue weighted by atomic mass is 10.2. The summed E-state index contributed by atoms with van der Waals surface area (Å²) in [6, 6.07) is 13.2. The molecule has 0 saturated heterocycles. The lowest BCUT2D eigenvalue weighted by molar-refractivity contribution is -0.147. The van der Waals surface area contributed by atoms with Crippen LogP contribution in [0.2, 0.25) is 0 Å². The first kappa shape index (κ1) is 20.3. The number of amides is 1. The van der Waals surface area contributed by atoms with Gasteiger partial charge in [-0.05, 0) is 24.3 Å². The van der Waals surface area contributed by atoms with E-state index in [1.807, 2.05) is 0 Å². The number of fused-ring (bicyclic) bond motifs is 1. The number of carbonyl (C=O) groups is 2. The van der Waals surface area contributed by atoms with Gasteiger partial charge in [-0.2, -0.15) is 0 Å². The first-order valence-corrected chi connectivity index (χ1v) is 10.1. The number of anilines is 1. The largest absolute Gasteiger partial charge is 0.497 e. The van der Waals surface area contributed by atoms with Crippen LogP contribution in [0.15, 0.2) is 58.4 Å². The molecule has 2 N–H and O–H groups in total. The lowest BCUT2D eigenvalue weighted by Gasteiger charge is -2.07. The van der Waals surface area contributed by atoms with Crippen LogP contribution in [-0.2, 0) is 24.3 Å². The topological polar surface area (TPSA) is 123 Å². The Kier molecular flexibility index (Phi) is 6.13. The number of hydrogen-bond donors (Lipinski definition) is 2. The molecule has 1 heterocycles. The second-order valence-corrected chi connectivity index (χ2v) is 7.67. The predicted molar refractivity (Wildman–Crippen MR) is 105 cm³/mol. The first-order valence-electron chi connectivity index (χ1n) is 8.65. The normalized spacial score (nSPS) is 15.3. The van der Waals surface area contributed by atoms with Gasteiger partial charge in [0.2, 0.25) is 0 Å². The van der Waals surface area contributed by atoms with Crippen LogP contribution in [0.25, 0.3) is 0 Å². The van der Waals surface area contributed by atoms with E-state index in [2.05, 4.69) is 15.0 Å². The van der Waals surface area contributed by atoms with E-state index in [1.165, 1.54) is 13.2 Å². The fourth-order valence-electron chi connectivity index (χ4n) is 2.63. The van der Waals surface area contributed by atoms with Gasteiger partial charge in [-0.15, -0.1) is 0 Å². The maximum atomic E-state index is 12.0. The number of methoxy groups -OCH3 is 1. The summed E-state index contributed by atoms with van der Waals surface area (Å²) in [6.45, 7) is -0.426. The molecule has 0 spiro atoms. The third kappa shape index (κ3) is 5.11. The molecule has 0 fully saturated rings. The van der Waals surface area contributed by atoms with Gasteiger partial charge in [0.05, 0.1) is 25.0 Å². The number of nitrogens with zero attached hydrogens (tertiary/aromatic N) is 1. The SMILES string of the molecule is COc1cccc(NC(=O)COC(=O)CCN=C2NS(=O)(=O)c3ccccc32)c1. The summed E-state index contributed by atoms with van der Waals surface area (Å²) in [5, 5.41) is 2.59. The minimum absolute atomic E-state index is 0.0164. The van der Waals surface area contributed by atoms with Gasteiger partial charge in [0.25, 0.3) is 15.9 Å². The third-order valence-electron chi connectivity index (χ3n) is 3.97. The lowest BCUT2D eigenvalue weighted by Crippen LogP contribution is -2.23. The molecule has 9 nitrogen and oxygen atoms in total. The number of amidine groups is 1. The highest BCUT2D eigenvalue weighted by molar-refractivity contribution is 7.90. The van der Waals surface area contributed by atoms with Crippen LogP contribution in [0.1, 0.15) is 12.0 Å². The summed E-state index contributed by atoms with van der Waals surface area (Å²) in [6.07, 6.45) is -0.0974. The van der Waals surface area contributed by atoms with Gasteiger partial charge in [0, 0.05) is 17.3 Å². The van der Waals surface area contributed by atoms with E-state index in [-0.39, 0.29) is 23.7 Å². The summed E-state index contributed by atoms with van der Waals surface area (Å²) >= 11 is 0. The van der Waals surface area contributed by atoms with Crippen molar-refractivity contribution in [3.63, 3.8) is 0 Å². The molecule has 0 saturated carbocycles. The third-order valence-corrected chi connectivity index (χ3v) is 5.36. The van der Waals surface area contributed by atoms with Crippen LogP contribution in [0, 0.1) is 0 Å². The van der Waals surface area contributed by atoms with Crippen molar-refractivity contribution < 1.29 is 27.5 Å². The highest BCUT2D eigenvalue weighted by Gasteiger charge is 2.29. The molecule has 0 bridgehead atoms. The average Bonchev–Trinajstić information content (AvgIpc) is 2.97. The van der Waals surface area contributed by atoms with Crippen molar-refractivity contribution in [1.82, 2.24) is 4.72 Å². The van der Waals surface area contributed by atoms with E-state index in [0.29, 0.717) is 17.0 Å². The molecular weight excluding hydrogens is 398 g/mol. The Balaban J connectivity index is 1.47. The molecule has 10 heteroatoms. The van der Waals surface area contributed by atoms with E-state index in [4.69, 9.17) is 9.47 Å². The van der Waals surface area contributed by atoms with Crippen molar-refractivity contribution in [2.24, 2.45) is 4.99 Å². The molecule has 0 atom stereocenters. The van der Waals surface area contributed by atoms with Crippen LogP contribution in [0.3, 0.4) is 0 Å². The number of esters is 1. The van der Waals surface area contributed by atoms with E-state index in [9.17, 15) is 18.0 Å². The molecule has 1 aliphatic heterocycles. The summed E-state index contributed by atoms with van der Waals surface area (Å²) in [5.41, 5.74) is 0.975. The van der Waals surface area contributed by atoms with Crippen molar-refractivity contribution in [3.8, 4) is 5.75 Å². The molecule has 0 radical (unpaired) electrons. The van der Waals surface area contributed by atoms with Crippen LogP contribution in [0.4, 0.5) is 5.69 Å². The molecular formula is C19H19N3O6S. The van der Waals surface area contributed by atoms with Crippen molar-refractivity contribution in [3.05, 3.63) is 54.1 Å². The van der Waals surface area contributed by atoms with Gasteiger partial charge >= 0.3 is 5.97 Å². The summed E-state index contributed by atoms with van der Waals surface area (Å²) in [7, 11) is -2.11. The second kappa shape index (κ2) is 8.74. The summed E-state index contributed by atoms with van der Waals surface area (Å²) in [5.74, 6) is -0.341. The highest BCUT2D eigenvalue weighted by Crippen LogP contribution is 2.22. The number of aliphatic imine (C=N–C) groups is 1. The Morgan fingerprint density at radius 1 is 1.14 bits per heavy atom. The van der Waals surface area contributed by atoms with Crippen molar-refractivity contribution in [1.29, 1.82) is 0 Å². The molecule has 152 valence electrons. The number of rotatable bonds is 7. The molecule has 0 aromatic heterocycles. The number of hydrogen-bond acceptors (Lipinski definition) is 7. The first-order chi connectivity index (χ1) is 13.9. The van der Waals surface area contributed by atoms with Gasteiger partial charge in [-0.1, -0.05) is 18.2 Å². The summed E-state index contributed by atoms with van der Waals surface area (Å²) in [4.78, 5) is 28.0. The van der Waals surface area contributed by atoms with Gasteiger partial charge in [0.1, 0.15) is 11.6 Å². The zero-order valence-electron chi connectivity index (χ0n) is 15.5. The standard InChI is InChI=1S/C19H19N3O6S/c1-27-14-6-4-5-13(11-14)21-17(23)12-28-18(24)9-10-20-19-15-7-2-3-8-16(15)29(25,26)22-19/h2-8,11H,9-10,12H2,1H3,(H,20,22)(H,21,23). The molecule has 0 aliphatic carbocycles. The maximum absolute atomic E-state index is 12.0. The fraction of sp³-hybridized carbons (Fsp3) is 0.211. The number of benzene rings is 2. The molecule has 1 aliphatic rings. The van der Waals surface area contributed by atoms with Crippen molar-refractivity contribution >= 4 is 33.4 Å². The van der Waals surface area contributed by atoms with Gasteiger partial charge in [-0.25, -0.2) is 8.42 Å². The smallest absolute Gasteiger partial charge is 0.308 e.